The Bertz CT molecular complexity index is 901. The molecule has 2 aromatic carbocycles. The predicted octanol–water partition coefficient (Wildman–Crippen LogP) is 2.66. The van der Waals surface area contributed by atoms with E-state index in [0.29, 0.717) is 12.3 Å². The zero-order valence-corrected chi connectivity index (χ0v) is 19.1. The Balaban J connectivity index is 1.56. The number of nitrogens with one attached hydrogen (secondary N) is 1. The number of ether oxygens (including phenoxy) is 2. The first-order valence-electron chi connectivity index (χ1n) is 10.9. The summed E-state index contributed by atoms with van der Waals surface area (Å²) >= 11 is 0. The van der Waals surface area contributed by atoms with Crippen LogP contribution in [0.1, 0.15) is 24.2 Å². The lowest BCUT2D eigenvalue weighted by atomic mass is 10.1. The van der Waals surface area contributed by atoms with Crippen molar-refractivity contribution in [3.63, 3.8) is 0 Å². The van der Waals surface area contributed by atoms with Gasteiger partial charge in [0.25, 0.3) is 0 Å². The van der Waals surface area contributed by atoms with Gasteiger partial charge in [-0.25, -0.2) is 4.39 Å². The van der Waals surface area contributed by atoms with Gasteiger partial charge in [-0.3, -0.25) is 9.89 Å². The Labute approximate surface area is 189 Å². The highest BCUT2D eigenvalue weighted by molar-refractivity contribution is 5.80. The number of aliphatic imine (C=N–C) groups is 1. The number of guanidine groups is 1. The molecule has 1 aliphatic rings. The van der Waals surface area contributed by atoms with Crippen molar-refractivity contribution in [2.75, 3.05) is 53.5 Å². The van der Waals surface area contributed by atoms with Gasteiger partial charge in [-0.1, -0.05) is 18.2 Å². The number of hydrogen-bond donors (Lipinski definition) is 2. The first-order chi connectivity index (χ1) is 15.5. The van der Waals surface area contributed by atoms with Crippen LogP contribution >= 0.6 is 0 Å². The number of rotatable bonds is 8. The lowest BCUT2D eigenvalue weighted by molar-refractivity contribution is 0.169. The summed E-state index contributed by atoms with van der Waals surface area (Å²) in [7, 11) is 3.08. The molecule has 0 aliphatic carbocycles. The second kappa shape index (κ2) is 11.7. The van der Waals surface area contributed by atoms with Gasteiger partial charge in [0.05, 0.1) is 26.9 Å². The molecule has 1 atom stereocenters. The van der Waals surface area contributed by atoms with E-state index in [4.69, 9.17) is 9.47 Å². The van der Waals surface area contributed by atoms with E-state index in [1.807, 2.05) is 37.3 Å². The molecule has 174 valence electrons. The summed E-state index contributed by atoms with van der Waals surface area (Å²) in [6.45, 7) is 7.03. The van der Waals surface area contributed by atoms with E-state index in [9.17, 15) is 9.50 Å². The Morgan fingerprint density at radius 3 is 2.56 bits per heavy atom. The van der Waals surface area contributed by atoms with Crippen LogP contribution in [0.25, 0.3) is 0 Å². The number of aliphatic hydroxyl groups is 1. The summed E-state index contributed by atoms with van der Waals surface area (Å²) in [5.41, 5.74) is 1.71. The number of aliphatic hydroxyl groups excluding tert-OH is 1. The highest BCUT2D eigenvalue weighted by atomic mass is 19.1. The van der Waals surface area contributed by atoms with Crippen molar-refractivity contribution >= 4 is 5.96 Å². The van der Waals surface area contributed by atoms with E-state index in [1.54, 1.807) is 13.2 Å². The van der Waals surface area contributed by atoms with E-state index in [0.717, 1.165) is 49.8 Å². The van der Waals surface area contributed by atoms with Gasteiger partial charge in [0.1, 0.15) is 5.75 Å². The second-order valence-corrected chi connectivity index (χ2v) is 7.72. The first kappa shape index (κ1) is 23.8. The summed E-state index contributed by atoms with van der Waals surface area (Å²) in [5, 5.41) is 13.9. The SMILES string of the molecule is CCNC(=NCC(O)c1cccc(OC)c1)N1CCN(Cc2ccc(OC)c(F)c2)CC1. The van der Waals surface area contributed by atoms with Gasteiger partial charge >= 0.3 is 0 Å². The number of hydrogen-bond acceptors (Lipinski definition) is 5. The summed E-state index contributed by atoms with van der Waals surface area (Å²) in [6, 6.07) is 12.5. The van der Waals surface area contributed by atoms with Gasteiger partial charge in [0.15, 0.2) is 17.5 Å². The molecular formula is C24H33FN4O3. The fourth-order valence-electron chi connectivity index (χ4n) is 3.74. The van der Waals surface area contributed by atoms with Crippen LogP contribution < -0.4 is 14.8 Å². The largest absolute Gasteiger partial charge is 0.497 e. The van der Waals surface area contributed by atoms with Crippen LogP contribution in [0.4, 0.5) is 4.39 Å². The van der Waals surface area contributed by atoms with Crippen molar-refractivity contribution in [2.24, 2.45) is 4.99 Å². The van der Waals surface area contributed by atoms with Crippen LogP contribution in [-0.2, 0) is 6.54 Å². The van der Waals surface area contributed by atoms with Crippen molar-refractivity contribution in [3.05, 3.63) is 59.4 Å². The topological polar surface area (TPSA) is 69.6 Å². The maximum atomic E-state index is 14.0. The first-order valence-corrected chi connectivity index (χ1v) is 10.9. The van der Waals surface area contributed by atoms with Crippen LogP contribution in [-0.4, -0.2) is 74.4 Å². The third kappa shape index (κ3) is 6.34. The number of halogens is 1. The minimum Gasteiger partial charge on any atom is -0.497 e. The quantitative estimate of drug-likeness (QED) is 0.482. The Kier molecular flexibility index (Phi) is 8.70. The molecule has 7 nitrogen and oxygen atoms in total. The van der Waals surface area contributed by atoms with Crippen LogP contribution in [0.2, 0.25) is 0 Å². The summed E-state index contributed by atoms with van der Waals surface area (Å²) < 4.78 is 24.2. The van der Waals surface area contributed by atoms with E-state index in [-0.39, 0.29) is 18.1 Å². The minimum atomic E-state index is -0.704. The molecule has 0 aromatic heterocycles. The van der Waals surface area contributed by atoms with Gasteiger partial charge in [-0.05, 0) is 42.3 Å². The average Bonchev–Trinajstić information content (AvgIpc) is 2.82. The Morgan fingerprint density at radius 2 is 1.91 bits per heavy atom. The molecule has 1 saturated heterocycles. The molecule has 0 bridgehead atoms. The van der Waals surface area contributed by atoms with Crippen LogP contribution in [0.5, 0.6) is 11.5 Å². The average molecular weight is 445 g/mol. The summed E-state index contributed by atoms with van der Waals surface area (Å²) in [6.07, 6.45) is -0.704. The van der Waals surface area contributed by atoms with Gasteiger partial charge < -0.3 is 24.8 Å². The fraction of sp³-hybridized carbons (Fsp3) is 0.458. The molecule has 32 heavy (non-hydrogen) atoms. The van der Waals surface area contributed by atoms with Gasteiger partial charge in [-0.2, -0.15) is 0 Å². The zero-order valence-electron chi connectivity index (χ0n) is 19.1. The van der Waals surface area contributed by atoms with E-state index >= 15 is 0 Å². The normalized spacial score (nSPS) is 16.0. The number of benzene rings is 2. The molecule has 0 radical (unpaired) electrons. The van der Waals surface area contributed by atoms with Gasteiger partial charge in [0.2, 0.25) is 0 Å². The van der Waals surface area contributed by atoms with E-state index in [1.165, 1.54) is 13.2 Å². The molecule has 8 heteroatoms. The molecule has 1 heterocycles. The standard InChI is InChI=1S/C24H33FN4O3/c1-4-26-24(27-16-22(30)19-6-5-7-20(15-19)31-2)29-12-10-28(11-13-29)17-18-8-9-23(32-3)21(25)14-18/h5-9,14-15,22,30H,4,10-13,16-17H2,1-3H3,(H,26,27). The van der Waals surface area contributed by atoms with Crippen LogP contribution in [0.3, 0.4) is 0 Å². The zero-order chi connectivity index (χ0) is 22.9. The lowest BCUT2D eigenvalue weighted by Crippen LogP contribution is -2.52. The molecular weight excluding hydrogens is 411 g/mol. The smallest absolute Gasteiger partial charge is 0.194 e. The molecule has 0 saturated carbocycles. The predicted molar refractivity (Wildman–Crippen MR) is 124 cm³/mol. The van der Waals surface area contributed by atoms with Crippen LogP contribution in [0, 0.1) is 5.82 Å². The highest BCUT2D eigenvalue weighted by Gasteiger charge is 2.20. The van der Waals surface area contributed by atoms with Crippen molar-refractivity contribution in [3.8, 4) is 11.5 Å². The molecule has 0 spiro atoms. The van der Waals surface area contributed by atoms with Crippen LogP contribution in [0.15, 0.2) is 47.5 Å². The lowest BCUT2D eigenvalue weighted by Gasteiger charge is -2.36. The van der Waals surface area contributed by atoms with E-state index < -0.39 is 6.10 Å². The maximum absolute atomic E-state index is 14.0. The Hall–Kier alpha value is -2.84. The molecule has 1 unspecified atom stereocenters. The second-order valence-electron chi connectivity index (χ2n) is 7.72. The number of methoxy groups -OCH3 is 2. The number of piperazine rings is 1. The molecule has 2 N–H and O–H groups in total. The van der Waals surface area contributed by atoms with Crippen molar-refractivity contribution < 1.29 is 19.0 Å². The summed E-state index contributed by atoms with van der Waals surface area (Å²) in [4.78, 5) is 9.17. The van der Waals surface area contributed by atoms with E-state index in [2.05, 4.69) is 20.1 Å². The van der Waals surface area contributed by atoms with Crippen molar-refractivity contribution in [2.45, 2.75) is 19.6 Å². The third-order valence-corrected chi connectivity index (χ3v) is 5.52. The highest BCUT2D eigenvalue weighted by Crippen LogP contribution is 2.20. The van der Waals surface area contributed by atoms with Gasteiger partial charge in [-0.15, -0.1) is 0 Å². The van der Waals surface area contributed by atoms with Crippen molar-refractivity contribution in [1.82, 2.24) is 15.1 Å². The summed E-state index contributed by atoms with van der Waals surface area (Å²) in [5.74, 6) is 1.44. The molecule has 2 aromatic rings. The minimum absolute atomic E-state index is 0.265. The molecule has 1 fully saturated rings. The monoisotopic (exact) mass is 444 g/mol. The van der Waals surface area contributed by atoms with Crippen molar-refractivity contribution in [1.29, 1.82) is 0 Å². The molecule has 1 aliphatic heterocycles. The number of nitrogens with zero attached hydrogens (tertiary/aromatic N) is 3. The Morgan fingerprint density at radius 1 is 1.12 bits per heavy atom. The molecule has 3 rings (SSSR count). The van der Waals surface area contributed by atoms with Gasteiger partial charge in [0, 0.05) is 39.3 Å². The molecule has 0 amide bonds. The fourth-order valence-corrected chi connectivity index (χ4v) is 3.74. The third-order valence-electron chi connectivity index (χ3n) is 5.52. The maximum Gasteiger partial charge on any atom is 0.194 e.